The van der Waals surface area contributed by atoms with Crippen LogP contribution in [-0.2, 0) is 9.53 Å². The fourth-order valence-corrected chi connectivity index (χ4v) is 4.22. The average Bonchev–Trinajstić information content (AvgIpc) is 3.21. The normalized spacial score (nSPS) is 13.8. The van der Waals surface area contributed by atoms with Gasteiger partial charge in [-0.05, 0) is 71.5 Å². The number of esters is 2. The van der Waals surface area contributed by atoms with Crippen LogP contribution in [0.5, 0.6) is 11.5 Å². The number of nitro groups is 1. The molecule has 4 rings (SSSR count). The van der Waals surface area contributed by atoms with Crippen molar-refractivity contribution in [1.29, 1.82) is 0 Å². The standard InChI is InChI=1S/C25H16ClIN2O7/c1-2-34-21-12-14(10-19(27)22(21)35-24(30)15-6-4-3-5-7-15)11-20-25(31)36-23(28-20)17-9-8-16(29(32)33)13-18(17)26/h3-13H,2H2,1H3/b20-11-. The molecular formula is C25H16ClIN2O7. The van der Waals surface area contributed by atoms with Crippen LogP contribution in [0.15, 0.2) is 71.4 Å². The molecule has 0 amide bonds. The number of carbonyl (C=O) groups excluding carboxylic acids is 2. The summed E-state index contributed by atoms with van der Waals surface area (Å²) >= 11 is 8.14. The second kappa shape index (κ2) is 10.9. The molecule has 0 fully saturated rings. The fourth-order valence-electron chi connectivity index (χ4n) is 3.23. The van der Waals surface area contributed by atoms with E-state index in [9.17, 15) is 19.7 Å². The Morgan fingerprint density at radius 2 is 1.94 bits per heavy atom. The summed E-state index contributed by atoms with van der Waals surface area (Å²) in [6.07, 6.45) is 1.49. The maximum atomic E-state index is 12.6. The van der Waals surface area contributed by atoms with Crippen molar-refractivity contribution < 1.29 is 28.7 Å². The number of cyclic esters (lactones) is 1. The van der Waals surface area contributed by atoms with Gasteiger partial charge in [-0.3, -0.25) is 10.1 Å². The van der Waals surface area contributed by atoms with E-state index in [0.717, 1.165) is 6.07 Å². The van der Waals surface area contributed by atoms with E-state index in [-0.39, 0.29) is 33.6 Å². The highest BCUT2D eigenvalue weighted by atomic mass is 127. The summed E-state index contributed by atoms with van der Waals surface area (Å²) in [5.41, 5.74) is 0.977. The number of benzene rings is 3. The molecule has 0 aliphatic carbocycles. The van der Waals surface area contributed by atoms with Gasteiger partial charge in [0.1, 0.15) is 0 Å². The third kappa shape index (κ3) is 5.55. The number of rotatable bonds is 7. The summed E-state index contributed by atoms with van der Waals surface area (Å²) in [6, 6.07) is 15.6. The van der Waals surface area contributed by atoms with Gasteiger partial charge in [-0.15, -0.1) is 0 Å². The third-order valence-electron chi connectivity index (χ3n) is 4.85. The second-order valence-corrected chi connectivity index (χ2v) is 8.85. The molecule has 1 aliphatic heterocycles. The number of nitro benzene ring substituents is 1. The summed E-state index contributed by atoms with van der Waals surface area (Å²) in [7, 11) is 0. The third-order valence-corrected chi connectivity index (χ3v) is 5.97. The minimum Gasteiger partial charge on any atom is -0.490 e. The van der Waals surface area contributed by atoms with Gasteiger partial charge in [0.15, 0.2) is 17.2 Å². The van der Waals surface area contributed by atoms with E-state index in [1.807, 2.05) is 22.6 Å². The van der Waals surface area contributed by atoms with Crippen LogP contribution >= 0.6 is 34.2 Å². The first-order chi connectivity index (χ1) is 17.3. The Morgan fingerprint density at radius 1 is 1.19 bits per heavy atom. The molecule has 3 aromatic rings. The highest BCUT2D eigenvalue weighted by molar-refractivity contribution is 14.1. The first-order valence-corrected chi connectivity index (χ1v) is 11.9. The van der Waals surface area contributed by atoms with E-state index in [1.165, 1.54) is 18.2 Å². The van der Waals surface area contributed by atoms with Crippen molar-refractivity contribution in [3.63, 3.8) is 0 Å². The van der Waals surface area contributed by atoms with Crippen molar-refractivity contribution in [3.05, 3.63) is 102 Å². The molecule has 0 saturated carbocycles. The quantitative estimate of drug-likeness (QED) is 0.0819. The Kier molecular flexibility index (Phi) is 7.65. The van der Waals surface area contributed by atoms with E-state index in [0.29, 0.717) is 27.1 Å². The number of ether oxygens (including phenoxy) is 3. The monoisotopic (exact) mass is 618 g/mol. The van der Waals surface area contributed by atoms with Crippen molar-refractivity contribution in [3.8, 4) is 11.5 Å². The summed E-state index contributed by atoms with van der Waals surface area (Å²) < 4.78 is 17.1. The van der Waals surface area contributed by atoms with Crippen molar-refractivity contribution >= 4 is 63.8 Å². The predicted octanol–water partition coefficient (Wildman–Crippen LogP) is 5.82. The van der Waals surface area contributed by atoms with Gasteiger partial charge in [-0.2, -0.15) is 0 Å². The predicted molar refractivity (Wildman–Crippen MR) is 140 cm³/mol. The summed E-state index contributed by atoms with van der Waals surface area (Å²) in [6.45, 7) is 2.11. The molecule has 0 unspecified atom stereocenters. The number of hydrogen-bond donors (Lipinski definition) is 0. The number of nitrogens with zero attached hydrogens (tertiary/aromatic N) is 2. The molecule has 0 saturated heterocycles. The minimum atomic E-state index is -0.716. The number of aliphatic imine (C=N–C) groups is 1. The van der Waals surface area contributed by atoms with Crippen LogP contribution in [-0.4, -0.2) is 29.4 Å². The van der Waals surface area contributed by atoms with Gasteiger partial charge in [0, 0.05) is 12.1 Å². The summed E-state index contributed by atoms with van der Waals surface area (Å²) in [4.78, 5) is 39.6. The average molecular weight is 619 g/mol. The Morgan fingerprint density at radius 3 is 2.61 bits per heavy atom. The van der Waals surface area contributed by atoms with Gasteiger partial charge in [-0.25, -0.2) is 14.6 Å². The Bertz CT molecular complexity index is 1440. The summed E-state index contributed by atoms with van der Waals surface area (Å²) in [5, 5.41) is 11.0. The van der Waals surface area contributed by atoms with Crippen LogP contribution in [0, 0.1) is 13.7 Å². The van der Waals surface area contributed by atoms with Gasteiger partial charge < -0.3 is 14.2 Å². The Labute approximate surface area is 223 Å². The molecule has 3 aromatic carbocycles. The van der Waals surface area contributed by atoms with Gasteiger partial charge in [-0.1, -0.05) is 29.8 Å². The van der Waals surface area contributed by atoms with E-state index in [1.54, 1.807) is 49.4 Å². The van der Waals surface area contributed by atoms with Crippen LogP contribution in [0.4, 0.5) is 5.69 Å². The molecule has 0 N–H and O–H groups in total. The molecule has 0 aromatic heterocycles. The number of carbonyl (C=O) groups is 2. The molecule has 36 heavy (non-hydrogen) atoms. The molecule has 0 spiro atoms. The lowest BCUT2D eigenvalue weighted by Crippen LogP contribution is -2.10. The lowest BCUT2D eigenvalue weighted by atomic mass is 10.1. The van der Waals surface area contributed by atoms with Crippen molar-refractivity contribution in [2.45, 2.75) is 6.92 Å². The first-order valence-electron chi connectivity index (χ1n) is 10.5. The van der Waals surface area contributed by atoms with Crippen molar-refractivity contribution in [1.82, 2.24) is 0 Å². The van der Waals surface area contributed by atoms with E-state index in [2.05, 4.69) is 4.99 Å². The molecule has 1 aliphatic rings. The largest absolute Gasteiger partial charge is 0.490 e. The first kappa shape index (κ1) is 25.3. The van der Waals surface area contributed by atoms with Crippen molar-refractivity contribution in [2.75, 3.05) is 6.61 Å². The Balaban J connectivity index is 1.65. The number of halogens is 2. The second-order valence-electron chi connectivity index (χ2n) is 7.28. The zero-order valence-electron chi connectivity index (χ0n) is 18.6. The van der Waals surface area contributed by atoms with Crippen LogP contribution in [0.25, 0.3) is 6.08 Å². The van der Waals surface area contributed by atoms with E-state index in [4.69, 9.17) is 25.8 Å². The molecule has 9 nitrogen and oxygen atoms in total. The van der Waals surface area contributed by atoms with E-state index >= 15 is 0 Å². The van der Waals surface area contributed by atoms with Crippen LogP contribution in [0.3, 0.4) is 0 Å². The minimum absolute atomic E-state index is 0.00769. The number of non-ortho nitro benzene ring substituents is 1. The molecule has 0 radical (unpaired) electrons. The molecule has 0 bridgehead atoms. The Hall–Kier alpha value is -3.77. The zero-order valence-corrected chi connectivity index (χ0v) is 21.5. The van der Waals surface area contributed by atoms with Crippen LogP contribution < -0.4 is 9.47 Å². The van der Waals surface area contributed by atoms with Gasteiger partial charge in [0.25, 0.3) is 5.69 Å². The molecule has 0 atom stereocenters. The van der Waals surface area contributed by atoms with E-state index < -0.39 is 16.9 Å². The lowest BCUT2D eigenvalue weighted by molar-refractivity contribution is -0.384. The SMILES string of the molecule is CCOc1cc(/C=C2\N=C(c3ccc([N+](=O)[O-])cc3Cl)OC2=O)cc(I)c1OC(=O)c1ccccc1. The van der Waals surface area contributed by atoms with Crippen LogP contribution in [0.2, 0.25) is 5.02 Å². The molecule has 1 heterocycles. The lowest BCUT2D eigenvalue weighted by Gasteiger charge is -2.13. The van der Waals surface area contributed by atoms with Gasteiger partial charge in [0.2, 0.25) is 5.90 Å². The smallest absolute Gasteiger partial charge is 0.363 e. The van der Waals surface area contributed by atoms with Crippen LogP contribution in [0.1, 0.15) is 28.4 Å². The highest BCUT2D eigenvalue weighted by Gasteiger charge is 2.27. The summed E-state index contributed by atoms with van der Waals surface area (Å²) in [5.74, 6) is -0.751. The highest BCUT2D eigenvalue weighted by Crippen LogP contribution is 2.36. The molecular weight excluding hydrogens is 603 g/mol. The number of hydrogen-bond acceptors (Lipinski definition) is 8. The fraction of sp³-hybridized carbons (Fsp3) is 0.0800. The topological polar surface area (TPSA) is 117 Å². The maximum absolute atomic E-state index is 12.6. The zero-order chi connectivity index (χ0) is 25.8. The van der Waals surface area contributed by atoms with Gasteiger partial charge >= 0.3 is 11.9 Å². The molecule has 182 valence electrons. The van der Waals surface area contributed by atoms with Crippen molar-refractivity contribution in [2.24, 2.45) is 4.99 Å². The molecule has 11 heteroatoms. The van der Waals surface area contributed by atoms with Gasteiger partial charge in [0.05, 0.1) is 31.2 Å². The maximum Gasteiger partial charge on any atom is 0.363 e.